The van der Waals surface area contributed by atoms with Gasteiger partial charge in [0.2, 0.25) is 0 Å². The van der Waals surface area contributed by atoms with Crippen LogP contribution in [0, 0.1) is 5.41 Å². The highest BCUT2D eigenvalue weighted by Crippen LogP contribution is 2.46. The Morgan fingerprint density at radius 1 is 1.24 bits per heavy atom. The van der Waals surface area contributed by atoms with Gasteiger partial charge in [-0.25, -0.2) is 0 Å². The molecule has 3 fully saturated rings. The highest BCUT2D eigenvalue weighted by atomic mass is 35.5. The number of carbonyl (C=O) groups is 1. The van der Waals surface area contributed by atoms with Crippen molar-refractivity contribution in [1.29, 1.82) is 0 Å². The predicted octanol–water partition coefficient (Wildman–Crippen LogP) is 2.39. The number of hydrogen-bond acceptors (Lipinski definition) is 4. The third-order valence-corrected chi connectivity index (χ3v) is 5.00. The Hall–Kier alpha value is -0.0300. The zero-order chi connectivity index (χ0) is 13.5. The Balaban J connectivity index is 0.00000110. The van der Waals surface area contributed by atoms with Crippen LogP contribution >= 0.6 is 24.8 Å². The van der Waals surface area contributed by atoms with Gasteiger partial charge in [-0.2, -0.15) is 0 Å². The minimum atomic E-state index is -0.270. The Bertz CT molecular complexity index is 373. The first-order valence-corrected chi connectivity index (χ1v) is 7.69. The van der Waals surface area contributed by atoms with Crippen LogP contribution in [0.2, 0.25) is 0 Å². The Labute approximate surface area is 140 Å². The molecule has 0 aromatic heterocycles. The van der Waals surface area contributed by atoms with Crippen LogP contribution in [-0.2, 0) is 9.53 Å². The quantitative estimate of drug-likeness (QED) is 0.745. The lowest BCUT2D eigenvalue weighted by Gasteiger charge is -2.43. The molecule has 0 saturated carbocycles. The van der Waals surface area contributed by atoms with Crippen LogP contribution < -0.4 is 5.32 Å². The molecule has 0 aliphatic carbocycles. The topological polar surface area (TPSA) is 41.6 Å². The van der Waals surface area contributed by atoms with E-state index in [4.69, 9.17) is 4.74 Å². The molecule has 1 unspecified atom stereocenters. The number of likely N-dealkylation sites (tertiary alicyclic amines) is 1. The van der Waals surface area contributed by atoms with Crippen molar-refractivity contribution in [2.45, 2.75) is 57.6 Å². The van der Waals surface area contributed by atoms with E-state index >= 15 is 0 Å². The molecule has 0 radical (unpaired) electrons. The van der Waals surface area contributed by atoms with Crippen LogP contribution in [0.1, 0.15) is 46.0 Å². The summed E-state index contributed by atoms with van der Waals surface area (Å²) < 4.78 is 5.60. The summed E-state index contributed by atoms with van der Waals surface area (Å²) in [5, 5.41) is 3.42. The maximum absolute atomic E-state index is 12.3. The molecular weight excluding hydrogens is 311 g/mol. The molecule has 0 amide bonds. The van der Waals surface area contributed by atoms with Crippen LogP contribution in [-0.4, -0.2) is 48.7 Å². The number of piperidine rings is 2. The first kappa shape index (κ1) is 19.0. The molecule has 3 rings (SSSR count). The number of nitrogens with zero attached hydrogens (tertiary/aromatic N) is 1. The standard InChI is InChI=1S/C15H26N2O2.2ClH/c1-14(2)10-15(13(18)19-14)6-3-9-17(11-15)12-4-7-16-8-5-12;;/h12,16H,3-11H2,1-2H3;2*1H. The maximum Gasteiger partial charge on any atom is 0.314 e. The molecule has 3 heterocycles. The van der Waals surface area contributed by atoms with Gasteiger partial charge in [0.25, 0.3) is 0 Å². The van der Waals surface area contributed by atoms with Crippen molar-refractivity contribution >= 4 is 30.8 Å². The van der Waals surface area contributed by atoms with Crippen molar-refractivity contribution in [2.75, 3.05) is 26.2 Å². The fourth-order valence-corrected chi connectivity index (χ4v) is 4.24. The monoisotopic (exact) mass is 338 g/mol. The van der Waals surface area contributed by atoms with Gasteiger partial charge < -0.3 is 10.1 Å². The fourth-order valence-electron chi connectivity index (χ4n) is 4.24. The van der Waals surface area contributed by atoms with E-state index in [1.807, 2.05) is 13.8 Å². The van der Waals surface area contributed by atoms with Crippen molar-refractivity contribution in [3.8, 4) is 0 Å². The van der Waals surface area contributed by atoms with Crippen molar-refractivity contribution in [2.24, 2.45) is 5.41 Å². The van der Waals surface area contributed by atoms with Crippen LogP contribution in [0.15, 0.2) is 0 Å². The molecule has 3 saturated heterocycles. The second-order valence-electron chi connectivity index (χ2n) is 7.16. The molecule has 0 aromatic rings. The smallest absolute Gasteiger partial charge is 0.314 e. The minimum Gasteiger partial charge on any atom is -0.459 e. The average molecular weight is 339 g/mol. The van der Waals surface area contributed by atoms with Crippen LogP contribution in [0.5, 0.6) is 0 Å². The first-order chi connectivity index (χ1) is 9.01. The minimum absolute atomic E-state index is 0. The number of nitrogens with one attached hydrogen (secondary N) is 1. The highest BCUT2D eigenvalue weighted by molar-refractivity contribution is 5.85. The third kappa shape index (κ3) is 3.84. The summed E-state index contributed by atoms with van der Waals surface area (Å²) in [4.78, 5) is 14.9. The Morgan fingerprint density at radius 2 is 1.90 bits per heavy atom. The molecule has 0 aromatic carbocycles. The molecule has 1 atom stereocenters. The molecule has 4 nitrogen and oxygen atoms in total. The molecule has 124 valence electrons. The lowest BCUT2D eigenvalue weighted by Crippen LogP contribution is -2.52. The largest absolute Gasteiger partial charge is 0.459 e. The summed E-state index contributed by atoms with van der Waals surface area (Å²) in [6, 6.07) is 0.662. The lowest BCUT2D eigenvalue weighted by atomic mass is 9.74. The zero-order valence-corrected chi connectivity index (χ0v) is 14.7. The van der Waals surface area contributed by atoms with E-state index in [0.29, 0.717) is 6.04 Å². The average Bonchev–Trinajstić information content (AvgIpc) is 2.60. The summed E-state index contributed by atoms with van der Waals surface area (Å²) >= 11 is 0. The number of cyclic esters (lactones) is 1. The summed E-state index contributed by atoms with van der Waals surface area (Å²) in [7, 11) is 0. The van der Waals surface area contributed by atoms with Gasteiger partial charge in [-0.1, -0.05) is 0 Å². The number of ether oxygens (including phenoxy) is 1. The maximum atomic E-state index is 12.3. The van der Waals surface area contributed by atoms with Gasteiger partial charge in [0.15, 0.2) is 0 Å². The summed E-state index contributed by atoms with van der Waals surface area (Å²) in [6.07, 6.45) is 5.47. The number of hydrogen-bond donors (Lipinski definition) is 1. The van der Waals surface area contributed by atoms with E-state index in [0.717, 1.165) is 45.4 Å². The van der Waals surface area contributed by atoms with Crippen molar-refractivity contribution < 1.29 is 9.53 Å². The first-order valence-electron chi connectivity index (χ1n) is 7.69. The number of esters is 1. The number of halogens is 2. The second kappa shape index (κ2) is 7.03. The third-order valence-electron chi connectivity index (χ3n) is 5.00. The lowest BCUT2D eigenvalue weighted by molar-refractivity contribution is -0.154. The normalized spacial score (nSPS) is 33.1. The fraction of sp³-hybridized carbons (Fsp3) is 0.933. The van der Waals surface area contributed by atoms with Gasteiger partial charge in [0.05, 0.1) is 5.41 Å². The Morgan fingerprint density at radius 3 is 2.48 bits per heavy atom. The van der Waals surface area contributed by atoms with Crippen molar-refractivity contribution in [3.63, 3.8) is 0 Å². The van der Waals surface area contributed by atoms with Crippen molar-refractivity contribution in [1.82, 2.24) is 10.2 Å². The molecule has 1 spiro atoms. The molecule has 21 heavy (non-hydrogen) atoms. The summed E-state index contributed by atoms with van der Waals surface area (Å²) in [5.74, 6) is 0.0520. The predicted molar refractivity (Wildman–Crippen MR) is 88.4 cm³/mol. The van der Waals surface area contributed by atoms with Gasteiger partial charge in [-0.15, -0.1) is 24.8 Å². The summed E-state index contributed by atoms with van der Waals surface area (Å²) in [6.45, 7) is 8.39. The van der Waals surface area contributed by atoms with E-state index in [2.05, 4.69) is 10.2 Å². The number of carbonyl (C=O) groups excluding carboxylic acids is 1. The molecule has 1 N–H and O–H groups in total. The van der Waals surface area contributed by atoms with Gasteiger partial charge in [0.1, 0.15) is 5.60 Å². The molecule has 0 bridgehead atoms. The van der Waals surface area contributed by atoms with Gasteiger partial charge in [-0.3, -0.25) is 9.69 Å². The SMILES string of the molecule is CC1(C)CC2(CCCN(C3CCNCC3)C2)C(=O)O1.Cl.Cl. The second-order valence-corrected chi connectivity index (χ2v) is 7.16. The zero-order valence-electron chi connectivity index (χ0n) is 13.0. The van der Waals surface area contributed by atoms with Crippen LogP contribution in [0.25, 0.3) is 0 Å². The van der Waals surface area contributed by atoms with Crippen LogP contribution in [0.3, 0.4) is 0 Å². The van der Waals surface area contributed by atoms with Crippen LogP contribution in [0.4, 0.5) is 0 Å². The number of rotatable bonds is 1. The van der Waals surface area contributed by atoms with Crippen molar-refractivity contribution in [3.05, 3.63) is 0 Å². The Kier molecular flexibility index (Phi) is 6.37. The van der Waals surface area contributed by atoms with Gasteiger partial charge in [-0.05, 0) is 59.2 Å². The highest BCUT2D eigenvalue weighted by Gasteiger charge is 2.54. The molecular formula is C15H28Cl2N2O2. The van der Waals surface area contributed by atoms with E-state index in [-0.39, 0.29) is 41.8 Å². The van der Waals surface area contributed by atoms with E-state index < -0.39 is 0 Å². The molecule has 6 heteroatoms. The molecule has 3 aliphatic rings. The van der Waals surface area contributed by atoms with Gasteiger partial charge in [0, 0.05) is 19.0 Å². The van der Waals surface area contributed by atoms with E-state index in [1.165, 1.54) is 12.8 Å². The van der Waals surface area contributed by atoms with Gasteiger partial charge >= 0.3 is 5.97 Å². The summed E-state index contributed by atoms with van der Waals surface area (Å²) in [5.41, 5.74) is -0.485. The van der Waals surface area contributed by atoms with E-state index in [9.17, 15) is 4.79 Å². The van der Waals surface area contributed by atoms with E-state index in [1.54, 1.807) is 0 Å². The molecule has 3 aliphatic heterocycles.